The highest BCUT2D eigenvalue weighted by Crippen LogP contribution is 2.38. The maximum atomic E-state index is 9.00. The minimum Gasteiger partial charge on any atom is -0.381 e. The molecule has 0 bridgehead atoms. The van der Waals surface area contributed by atoms with Crippen LogP contribution in [0.25, 0.3) is 0 Å². The molecule has 1 fully saturated rings. The zero-order valence-electron chi connectivity index (χ0n) is 12.4. The highest BCUT2D eigenvalue weighted by molar-refractivity contribution is 4.85. The van der Waals surface area contributed by atoms with E-state index in [9.17, 15) is 0 Å². The molecule has 0 N–H and O–H groups in total. The van der Waals surface area contributed by atoms with E-state index in [1.807, 2.05) is 0 Å². The van der Waals surface area contributed by atoms with Gasteiger partial charge >= 0.3 is 0 Å². The number of nitriles is 1. The van der Waals surface area contributed by atoms with Crippen LogP contribution >= 0.6 is 0 Å². The molecule has 3 atom stereocenters. The zero-order valence-corrected chi connectivity index (χ0v) is 12.4. The first-order chi connectivity index (χ1) is 8.65. The summed E-state index contributed by atoms with van der Waals surface area (Å²) >= 11 is 0. The molecule has 0 spiro atoms. The van der Waals surface area contributed by atoms with Gasteiger partial charge in [0, 0.05) is 13.5 Å². The lowest BCUT2D eigenvalue weighted by molar-refractivity contribution is 0.0320. The Bertz CT molecular complexity index is 271. The topological polar surface area (TPSA) is 33.0 Å². The highest BCUT2D eigenvalue weighted by Gasteiger charge is 2.28. The predicted molar refractivity (Wildman–Crippen MR) is 75.2 cm³/mol. The van der Waals surface area contributed by atoms with E-state index < -0.39 is 0 Å². The molecule has 0 aliphatic heterocycles. The van der Waals surface area contributed by atoms with E-state index in [1.165, 1.54) is 38.5 Å². The summed E-state index contributed by atoms with van der Waals surface area (Å²) in [5, 5.41) is 9.00. The summed E-state index contributed by atoms with van der Waals surface area (Å²) in [5.74, 6) is 0.434. The highest BCUT2D eigenvalue weighted by atomic mass is 16.5. The van der Waals surface area contributed by atoms with Gasteiger partial charge in [-0.3, -0.25) is 0 Å². The quantitative estimate of drug-likeness (QED) is 0.729. The lowest BCUT2D eigenvalue weighted by Crippen LogP contribution is -2.26. The standard InChI is InChI=1S/C16H29NO/c1-4-16(2)11-7-5-6-8-15(18-3)14(9-12-16)10-13-17/h14-15H,4-12H2,1-3H3. The first kappa shape index (κ1) is 15.5. The van der Waals surface area contributed by atoms with Crippen molar-refractivity contribution in [3.05, 3.63) is 0 Å². The molecule has 2 heteroatoms. The van der Waals surface area contributed by atoms with E-state index in [4.69, 9.17) is 10.00 Å². The number of methoxy groups -OCH3 is 1. The molecule has 1 rings (SSSR count). The van der Waals surface area contributed by atoms with Gasteiger partial charge in [0.05, 0.1) is 12.2 Å². The van der Waals surface area contributed by atoms with Gasteiger partial charge in [-0.05, 0) is 37.0 Å². The second kappa shape index (κ2) is 7.79. The monoisotopic (exact) mass is 251 g/mol. The van der Waals surface area contributed by atoms with Gasteiger partial charge in [-0.2, -0.15) is 5.26 Å². The molecule has 0 heterocycles. The van der Waals surface area contributed by atoms with E-state index in [0.717, 1.165) is 12.8 Å². The molecule has 1 saturated carbocycles. The van der Waals surface area contributed by atoms with Crippen LogP contribution < -0.4 is 0 Å². The van der Waals surface area contributed by atoms with Crippen LogP contribution in [0.1, 0.15) is 71.6 Å². The van der Waals surface area contributed by atoms with Crippen LogP contribution in [0.5, 0.6) is 0 Å². The minimum absolute atomic E-state index is 0.295. The third kappa shape index (κ3) is 4.61. The van der Waals surface area contributed by atoms with Crippen molar-refractivity contribution in [3.63, 3.8) is 0 Å². The Morgan fingerprint density at radius 1 is 1.22 bits per heavy atom. The zero-order chi connectivity index (χ0) is 13.4. The van der Waals surface area contributed by atoms with Crippen molar-refractivity contribution in [2.24, 2.45) is 11.3 Å². The van der Waals surface area contributed by atoms with Crippen LogP contribution in [-0.4, -0.2) is 13.2 Å². The fourth-order valence-corrected chi connectivity index (χ4v) is 3.17. The number of nitrogens with zero attached hydrogens (tertiary/aromatic N) is 1. The second-order valence-corrected chi connectivity index (χ2v) is 6.20. The summed E-state index contributed by atoms with van der Waals surface area (Å²) in [6.07, 6.45) is 11.0. The van der Waals surface area contributed by atoms with E-state index in [0.29, 0.717) is 23.9 Å². The maximum absolute atomic E-state index is 9.00. The second-order valence-electron chi connectivity index (χ2n) is 6.20. The molecule has 0 amide bonds. The Balaban J connectivity index is 2.69. The molecule has 0 aromatic heterocycles. The molecule has 0 aromatic carbocycles. The molecule has 18 heavy (non-hydrogen) atoms. The van der Waals surface area contributed by atoms with Crippen LogP contribution in [0, 0.1) is 22.7 Å². The van der Waals surface area contributed by atoms with Gasteiger partial charge in [0.15, 0.2) is 0 Å². The summed E-state index contributed by atoms with van der Waals surface area (Å²) in [4.78, 5) is 0. The van der Waals surface area contributed by atoms with E-state index in [-0.39, 0.29) is 0 Å². The van der Waals surface area contributed by atoms with Gasteiger partial charge in [-0.25, -0.2) is 0 Å². The lowest BCUT2D eigenvalue weighted by Gasteiger charge is -2.33. The van der Waals surface area contributed by atoms with Crippen molar-refractivity contribution >= 4 is 0 Å². The molecule has 0 aromatic rings. The molecule has 1 aliphatic rings. The summed E-state index contributed by atoms with van der Waals surface area (Å²) in [5.41, 5.74) is 0.476. The van der Waals surface area contributed by atoms with Crippen molar-refractivity contribution in [1.29, 1.82) is 5.26 Å². The molecular formula is C16H29NO. The third-order valence-electron chi connectivity index (χ3n) is 4.92. The fraction of sp³-hybridized carbons (Fsp3) is 0.938. The van der Waals surface area contributed by atoms with Crippen LogP contribution in [0.15, 0.2) is 0 Å². The summed E-state index contributed by atoms with van der Waals surface area (Å²) in [7, 11) is 1.81. The number of hydrogen-bond donors (Lipinski definition) is 0. The molecule has 3 unspecified atom stereocenters. The van der Waals surface area contributed by atoms with Crippen LogP contribution in [-0.2, 0) is 4.74 Å². The van der Waals surface area contributed by atoms with Gasteiger partial charge in [-0.15, -0.1) is 0 Å². The molecule has 0 saturated heterocycles. The van der Waals surface area contributed by atoms with Crippen molar-refractivity contribution < 1.29 is 4.74 Å². The van der Waals surface area contributed by atoms with Crippen molar-refractivity contribution in [2.45, 2.75) is 77.7 Å². The SMILES string of the molecule is CCC1(C)CCCCCC(OC)C(CC#N)CC1. The Hall–Kier alpha value is -0.550. The molecule has 1 aliphatic carbocycles. The minimum atomic E-state index is 0.295. The van der Waals surface area contributed by atoms with Crippen molar-refractivity contribution in [2.75, 3.05) is 7.11 Å². The number of hydrogen-bond acceptors (Lipinski definition) is 2. The van der Waals surface area contributed by atoms with Gasteiger partial charge in [-0.1, -0.05) is 39.5 Å². The Morgan fingerprint density at radius 3 is 2.61 bits per heavy atom. The van der Waals surface area contributed by atoms with Gasteiger partial charge in [0.1, 0.15) is 0 Å². The van der Waals surface area contributed by atoms with E-state index in [1.54, 1.807) is 7.11 Å². The first-order valence-corrected chi connectivity index (χ1v) is 7.55. The lowest BCUT2D eigenvalue weighted by atomic mass is 9.74. The molecule has 104 valence electrons. The largest absolute Gasteiger partial charge is 0.381 e. The van der Waals surface area contributed by atoms with Crippen molar-refractivity contribution in [3.8, 4) is 6.07 Å². The molecule has 0 radical (unpaired) electrons. The van der Waals surface area contributed by atoms with Gasteiger partial charge < -0.3 is 4.74 Å². The summed E-state index contributed by atoms with van der Waals surface area (Å²) in [6, 6.07) is 2.35. The van der Waals surface area contributed by atoms with E-state index >= 15 is 0 Å². The molecule has 2 nitrogen and oxygen atoms in total. The Labute approximate surface area is 113 Å². The average molecular weight is 251 g/mol. The van der Waals surface area contributed by atoms with Crippen molar-refractivity contribution in [1.82, 2.24) is 0 Å². The van der Waals surface area contributed by atoms with Crippen LogP contribution in [0.3, 0.4) is 0 Å². The van der Waals surface area contributed by atoms with Crippen LogP contribution in [0.4, 0.5) is 0 Å². The number of ether oxygens (including phenoxy) is 1. The smallest absolute Gasteiger partial charge is 0.0625 e. The third-order valence-corrected chi connectivity index (χ3v) is 4.92. The average Bonchev–Trinajstić information content (AvgIpc) is 2.39. The van der Waals surface area contributed by atoms with Gasteiger partial charge in [0.2, 0.25) is 0 Å². The maximum Gasteiger partial charge on any atom is 0.0625 e. The van der Waals surface area contributed by atoms with E-state index in [2.05, 4.69) is 19.9 Å². The number of rotatable bonds is 3. The Kier molecular flexibility index (Phi) is 6.71. The predicted octanol–water partition coefficient (Wildman–Crippen LogP) is 4.69. The summed E-state index contributed by atoms with van der Waals surface area (Å²) in [6.45, 7) is 4.72. The first-order valence-electron chi connectivity index (χ1n) is 7.55. The normalized spacial score (nSPS) is 34.8. The van der Waals surface area contributed by atoms with Gasteiger partial charge in [0.25, 0.3) is 0 Å². The molecular weight excluding hydrogens is 222 g/mol. The fourth-order valence-electron chi connectivity index (χ4n) is 3.17. The summed E-state index contributed by atoms with van der Waals surface area (Å²) < 4.78 is 5.64. The van der Waals surface area contributed by atoms with Crippen LogP contribution in [0.2, 0.25) is 0 Å². The Morgan fingerprint density at radius 2 is 2.00 bits per heavy atom.